The van der Waals surface area contributed by atoms with Crippen LogP contribution in [0.2, 0.25) is 0 Å². The highest BCUT2D eigenvalue weighted by molar-refractivity contribution is 7.19. The standard InChI is InChI=1S/C22H28N4O2S/c1-6-26(7-2)18(27)13-25(5)12-17-23-21(28)20-19(15(4)29-22(20)24-17)16-10-8-14(3)9-11-16/h8-11H,6-7,12-13H2,1-5H3,(H,23,24,28)/p+1. The fourth-order valence-corrected chi connectivity index (χ4v) is 4.67. The maximum atomic E-state index is 12.9. The molecule has 0 aliphatic heterocycles. The third kappa shape index (κ3) is 4.57. The van der Waals surface area contributed by atoms with Crippen molar-refractivity contribution in [3.8, 4) is 11.1 Å². The summed E-state index contributed by atoms with van der Waals surface area (Å²) in [7, 11) is 1.95. The maximum absolute atomic E-state index is 12.9. The molecule has 1 amide bonds. The summed E-state index contributed by atoms with van der Waals surface area (Å²) in [5, 5.41) is 0.650. The average Bonchev–Trinajstić information content (AvgIpc) is 2.99. The molecule has 0 fully saturated rings. The largest absolute Gasteiger partial charge is 0.338 e. The molecular weight excluding hydrogens is 384 g/mol. The number of aromatic nitrogens is 2. The third-order valence-corrected chi connectivity index (χ3v) is 6.16. The molecule has 6 nitrogen and oxygen atoms in total. The van der Waals surface area contributed by atoms with E-state index in [4.69, 9.17) is 4.98 Å². The van der Waals surface area contributed by atoms with Crippen molar-refractivity contribution < 1.29 is 9.69 Å². The van der Waals surface area contributed by atoms with Crippen molar-refractivity contribution in [1.29, 1.82) is 0 Å². The Morgan fingerprint density at radius 3 is 2.45 bits per heavy atom. The van der Waals surface area contributed by atoms with Crippen LogP contribution in [0.25, 0.3) is 21.3 Å². The van der Waals surface area contributed by atoms with E-state index in [0.29, 0.717) is 37.4 Å². The molecule has 1 aromatic carbocycles. The molecule has 3 aromatic rings. The van der Waals surface area contributed by atoms with Crippen molar-refractivity contribution in [3.63, 3.8) is 0 Å². The Balaban J connectivity index is 1.88. The Bertz CT molecular complexity index is 1060. The summed E-state index contributed by atoms with van der Waals surface area (Å²) in [6.45, 7) is 10.3. The molecule has 0 saturated carbocycles. The Morgan fingerprint density at radius 2 is 1.83 bits per heavy atom. The number of quaternary nitrogens is 1. The third-order valence-electron chi connectivity index (χ3n) is 5.17. The number of rotatable bonds is 7. The fraction of sp³-hybridized carbons (Fsp3) is 0.409. The van der Waals surface area contributed by atoms with E-state index in [1.54, 1.807) is 11.3 Å². The van der Waals surface area contributed by atoms with E-state index in [-0.39, 0.29) is 11.5 Å². The molecule has 0 bridgehead atoms. The second kappa shape index (κ2) is 8.88. The number of nitrogens with zero attached hydrogens (tertiary/aromatic N) is 2. The number of carbonyl (C=O) groups excluding carboxylic acids is 1. The summed E-state index contributed by atoms with van der Waals surface area (Å²) in [4.78, 5) is 37.5. The highest BCUT2D eigenvalue weighted by atomic mass is 32.1. The molecule has 1 atom stereocenters. The van der Waals surface area contributed by atoms with Gasteiger partial charge in [-0.15, -0.1) is 11.3 Å². The number of H-pyrrole nitrogens is 1. The lowest BCUT2D eigenvalue weighted by molar-refractivity contribution is -0.886. The highest BCUT2D eigenvalue weighted by Crippen LogP contribution is 2.35. The summed E-state index contributed by atoms with van der Waals surface area (Å²) in [6.07, 6.45) is 0. The first-order valence-electron chi connectivity index (χ1n) is 10.0. The number of amides is 1. The van der Waals surface area contributed by atoms with Gasteiger partial charge in [-0.2, -0.15) is 0 Å². The van der Waals surface area contributed by atoms with Gasteiger partial charge in [0.1, 0.15) is 11.4 Å². The number of aryl methyl sites for hydroxylation is 2. The molecule has 1 unspecified atom stereocenters. The van der Waals surface area contributed by atoms with Gasteiger partial charge < -0.3 is 14.8 Å². The topological polar surface area (TPSA) is 70.5 Å². The Morgan fingerprint density at radius 1 is 1.17 bits per heavy atom. The summed E-state index contributed by atoms with van der Waals surface area (Å²) in [5.74, 6) is 0.730. The van der Waals surface area contributed by atoms with Crippen molar-refractivity contribution in [2.45, 2.75) is 34.2 Å². The van der Waals surface area contributed by atoms with E-state index in [1.165, 1.54) is 5.56 Å². The predicted octanol–water partition coefficient (Wildman–Crippen LogP) is 2.15. The van der Waals surface area contributed by atoms with Gasteiger partial charge in [-0.1, -0.05) is 29.8 Å². The summed E-state index contributed by atoms with van der Waals surface area (Å²) < 4.78 is 0. The molecular formula is C22H29N4O2S+. The van der Waals surface area contributed by atoms with Crippen LogP contribution in [-0.2, 0) is 11.3 Å². The average molecular weight is 414 g/mol. The van der Waals surface area contributed by atoms with Crippen molar-refractivity contribution >= 4 is 27.5 Å². The zero-order valence-electron chi connectivity index (χ0n) is 17.8. The van der Waals surface area contributed by atoms with Gasteiger partial charge in [0.05, 0.1) is 12.4 Å². The fourth-order valence-electron chi connectivity index (χ4n) is 3.61. The lowest BCUT2D eigenvalue weighted by Gasteiger charge is -2.20. The Hall–Kier alpha value is -2.51. The molecule has 29 heavy (non-hydrogen) atoms. The molecule has 2 N–H and O–H groups in total. The number of likely N-dealkylation sites (N-methyl/N-ethyl adjacent to an activating group) is 2. The van der Waals surface area contributed by atoms with Crippen LogP contribution in [0.15, 0.2) is 29.1 Å². The van der Waals surface area contributed by atoms with Gasteiger partial charge in [0.15, 0.2) is 12.4 Å². The molecule has 0 aliphatic rings. The summed E-state index contributed by atoms with van der Waals surface area (Å²) in [5.41, 5.74) is 3.06. The van der Waals surface area contributed by atoms with Gasteiger partial charge in [-0.25, -0.2) is 4.98 Å². The molecule has 2 heterocycles. The normalized spacial score (nSPS) is 12.3. The molecule has 0 saturated heterocycles. The van der Waals surface area contributed by atoms with Crippen LogP contribution in [0.5, 0.6) is 0 Å². The molecule has 154 valence electrons. The first-order chi connectivity index (χ1) is 13.8. The number of nitrogens with one attached hydrogen (secondary N) is 2. The van der Waals surface area contributed by atoms with E-state index >= 15 is 0 Å². The van der Waals surface area contributed by atoms with Crippen molar-refractivity contribution in [3.05, 3.63) is 50.9 Å². The predicted molar refractivity (Wildman–Crippen MR) is 119 cm³/mol. The van der Waals surface area contributed by atoms with Crippen LogP contribution in [0.1, 0.15) is 30.1 Å². The number of aromatic amines is 1. The Labute approximate surface area is 175 Å². The van der Waals surface area contributed by atoms with Crippen LogP contribution in [0.4, 0.5) is 0 Å². The van der Waals surface area contributed by atoms with Gasteiger partial charge in [-0.05, 0) is 33.3 Å². The Kier molecular flexibility index (Phi) is 6.49. The minimum atomic E-state index is -0.118. The maximum Gasteiger partial charge on any atom is 0.277 e. The lowest BCUT2D eigenvalue weighted by atomic mass is 10.0. The first kappa shape index (κ1) is 21.2. The monoisotopic (exact) mass is 413 g/mol. The second-order valence-electron chi connectivity index (χ2n) is 7.47. The summed E-state index contributed by atoms with van der Waals surface area (Å²) in [6, 6.07) is 8.21. The van der Waals surface area contributed by atoms with Gasteiger partial charge >= 0.3 is 0 Å². The second-order valence-corrected chi connectivity index (χ2v) is 8.67. The van der Waals surface area contributed by atoms with E-state index in [9.17, 15) is 9.59 Å². The first-order valence-corrected chi connectivity index (χ1v) is 10.8. The van der Waals surface area contributed by atoms with Crippen LogP contribution in [0, 0.1) is 13.8 Å². The van der Waals surface area contributed by atoms with Gasteiger partial charge in [-0.3, -0.25) is 9.59 Å². The SMILES string of the molecule is CCN(CC)C(=O)C[NH+](C)Cc1nc2sc(C)c(-c3ccc(C)cc3)c2c(=O)[nH]1. The zero-order valence-corrected chi connectivity index (χ0v) is 18.6. The van der Waals surface area contributed by atoms with Crippen molar-refractivity contribution in [1.82, 2.24) is 14.9 Å². The minimum absolute atomic E-state index is 0.115. The van der Waals surface area contributed by atoms with Crippen molar-refractivity contribution in [2.24, 2.45) is 0 Å². The van der Waals surface area contributed by atoms with Crippen molar-refractivity contribution in [2.75, 3.05) is 26.7 Å². The molecule has 7 heteroatoms. The van der Waals surface area contributed by atoms with Gasteiger partial charge in [0.2, 0.25) is 0 Å². The van der Waals surface area contributed by atoms with E-state index in [0.717, 1.165) is 25.7 Å². The van der Waals surface area contributed by atoms with Gasteiger partial charge in [0, 0.05) is 23.5 Å². The lowest BCUT2D eigenvalue weighted by Crippen LogP contribution is -3.09. The van der Waals surface area contributed by atoms with E-state index in [2.05, 4.69) is 17.1 Å². The number of carbonyl (C=O) groups is 1. The molecule has 2 aromatic heterocycles. The molecule has 0 spiro atoms. The number of hydrogen-bond acceptors (Lipinski definition) is 4. The van der Waals surface area contributed by atoms with Crippen LogP contribution in [0.3, 0.4) is 0 Å². The highest BCUT2D eigenvalue weighted by Gasteiger charge is 2.19. The number of thiophene rings is 1. The zero-order chi connectivity index (χ0) is 21.1. The van der Waals surface area contributed by atoms with Crippen LogP contribution >= 0.6 is 11.3 Å². The molecule has 3 rings (SSSR count). The van der Waals surface area contributed by atoms with Gasteiger partial charge in [0.25, 0.3) is 11.5 Å². The minimum Gasteiger partial charge on any atom is -0.338 e. The van der Waals surface area contributed by atoms with E-state index < -0.39 is 0 Å². The smallest absolute Gasteiger partial charge is 0.277 e. The number of fused-ring (bicyclic) bond motifs is 1. The number of hydrogen-bond donors (Lipinski definition) is 2. The molecule has 0 radical (unpaired) electrons. The van der Waals surface area contributed by atoms with Crippen LogP contribution < -0.4 is 10.5 Å². The van der Waals surface area contributed by atoms with E-state index in [1.807, 2.05) is 51.8 Å². The molecule has 0 aliphatic carbocycles. The summed E-state index contributed by atoms with van der Waals surface area (Å²) >= 11 is 1.54. The number of benzene rings is 1. The van der Waals surface area contributed by atoms with Crippen LogP contribution in [-0.4, -0.2) is 47.5 Å². The quantitative estimate of drug-likeness (QED) is 0.624.